The molecule has 1 aromatic heterocycles. The maximum Gasteiger partial charge on any atom is 0.335 e. The van der Waals surface area contributed by atoms with Crippen molar-refractivity contribution < 1.29 is 14.7 Å². The van der Waals surface area contributed by atoms with E-state index in [-0.39, 0.29) is 11.3 Å². The number of aromatic carboxylic acids is 1. The molecule has 1 heterocycles. The number of carbonyl (C=O) groups is 2. The van der Waals surface area contributed by atoms with Crippen LogP contribution in [0.1, 0.15) is 26.5 Å². The largest absolute Gasteiger partial charge is 0.478 e. The number of hydrogen-bond donors (Lipinski definition) is 3. The van der Waals surface area contributed by atoms with Crippen LogP contribution >= 0.6 is 15.9 Å². The molecule has 0 aliphatic carbocycles. The Labute approximate surface area is 117 Å². The number of halogens is 1. The third kappa shape index (κ3) is 3.00. The van der Waals surface area contributed by atoms with Crippen LogP contribution in [-0.4, -0.2) is 27.2 Å². The van der Waals surface area contributed by atoms with Crippen LogP contribution in [0.4, 0.5) is 5.69 Å². The van der Waals surface area contributed by atoms with Crippen molar-refractivity contribution in [2.24, 2.45) is 0 Å². The number of carboxylic acids is 1. The zero-order valence-electron chi connectivity index (χ0n) is 9.90. The third-order valence-corrected chi connectivity index (χ3v) is 3.09. The lowest BCUT2D eigenvalue weighted by molar-refractivity contribution is 0.0696. The molecule has 3 N–H and O–H groups in total. The summed E-state index contributed by atoms with van der Waals surface area (Å²) in [6, 6.07) is 5.99. The first-order valence-corrected chi connectivity index (χ1v) is 6.13. The lowest BCUT2D eigenvalue weighted by Gasteiger charge is -2.06. The highest BCUT2D eigenvalue weighted by Crippen LogP contribution is 2.24. The second-order valence-electron chi connectivity index (χ2n) is 3.89. The molecule has 0 radical (unpaired) electrons. The molecular formula is C12H10BrN3O3. The van der Waals surface area contributed by atoms with Crippen molar-refractivity contribution in [3.05, 3.63) is 45.7 Å². The Morgan fingerprint density at radius 2 is 2.11 bits per heavy atom. The quantitative estimate of drug-likeness (QED) is 0.808. The molecule has 0 aliphatic heterocycles. The normalized spacial score (nSPS) is 10.2. The standard InChI is InChI=1S/C12H10BrN3O3/c1-6-4-10(16-15-6)11(17)14-9-5-7(12(18)19)2-3-8(9)13/h2-5H,1H3,(H,14,17)(H,15,16)(H,18,19). The average molecular weight is 324 g/mol. The Bertz CT molecular complexity index is 651. The number of aromatic amines is 1. The monoisotopic (exact) mass is 323 g/mol. The number of benzene rings is 1. The fraction of sp³-hybridized carbons (Fsp3) is 0.0833. The lowest BCUT2D eigenvalue weighted by atomic mass is 10.2. The maximum atomic E-state index is 11.9. The summed E-state index contributed by atoms with van der Waals surface area (Å²) in [5, 5.41) is 18.0. The number of carboxylic acid groups (broad SMARTS) is 1. The first-order valence-electron chi connectivity index (χ1n) is 5.33. The summed E-state index contributed by atoms with van der Waals surface area (Å²) in [4.78, 5) is 22.8. The highest BCUT2D eigenvalue weighted by Gasteiger charge is 2.13. The van der Waals surface area contributed by atoms with E-state index in [1.807, 2.05) is 0 Å². The van der Waals surface area contributed by atoms with Gasteiger partial charge in [0.1, 0.15) is 0 Å². The van der Waals surface area contributed by atoms with E-state index >= 15 is 0 Å². The number of amides is 1. The summed E-state index contributed by atoms with van der Waals surface area (Å²) in [7, 11) is 0. The van der Waals surface area contributed by atoms with Gasteiger partial charge in [0.25, 0.3) is 5.91 Å². The minimum absolute atomic E-state index is 0.0942. The molecule has 0 saturated carbocycles. The zero-order valence-corrected chi connectivity index (χ0v) is 11.5. The van der Waals surface area contributed by atoms with Crippen LogP contribution in [0.5, 0.6) is 0 Å². The number of aryl methyl sites for hydroxylation is 1. The van der Waals surface area contributed by atoms with Gasteiger partial charge >= 0.3 is 5.97 Å². The van der Waals surface area contributed by atoms with Gasteiger partial charge in [0, 0.05) is 10.2 Å². The van der Waals surface area contributed by atoms with Gasteiger partial charge in [-0.05, 0) is 47.1 Å². The molecule has 6 nitrogen and oxygen atoms in total. The van der Waals surface area contributed by atoms with E-state index in [0.29, 0.717) is 10.2 Å². The molecule has 0 aliphatic rings. The van der Waals surface area contributed by atoms with Gasteiger partial charge in [-0.3, -0.25) is 9.89 Å². The van der Waals surface area contributed by atoms with Crippen molar-refractivity contribution in [2.75, 3.05) is 5.32 Å². The van der Waals surface area contributed by atoms with Gasteiger partial charge in [0.2, 0.25) is 0 Å². The Kier molecular flexibility index (Phi) is 3.66. The Morgan fingerprint density at radius 1 is 1.37 bits per heavy atom. The number of rotatable bonds is 3. The highest BCUT2D eigenvalue weighted by molar-refractivity contribution is 9.10. The molecule has 98 valence electrons. The molecule has 1 aromatic carbocycles. The fourth-order valence-electron chi connectivity index (χ4n) is 1.47. The molecule has 2 rings (SSSR count). The number of aromatic nitrogens is 2. The van der Waals surface area contributed by atoms with Gasteiger partial charge in [-0.25, -0.2) is 4.79 Å². The first-order chi connectivity index (χ1) is 8.97. The smallest absolute Gasteiger partial charge is 0.335 e. The van der Waals surface area contributed by atoms with E-state index in [1.165, 1.54) is 12.1 Å². The van der Waals surface area contributed by atoms with Gasteiger partial charge in [0.05, 0.1) is 11.3 Å². The van der Waals surface area contributed by atoms with E-state index in [4.69, 9.17) is 5.11 Å². The minimum atomic E-state index is -1.06. The molecule has 2 aromatic rings. The average Bonchev–Trinajstić information content (AvgIpc) is 2.78. The number of H-pyrrole nitrogens is 1. The van der Waals surface area contributed by atoms with Crippen LogP contribution in [0, 0.1) is 6.92 Å². The predicted molar refractivity (Wildman–Crippen MR) is 72.4 cm³/mol. The molecule has 0 atom stereocenters. The first kappa shape index (κ1) is 13.3. The summed E-state index contributed by atoms with van der Waals surface area (Å²) in [5.74, 6) is -1.47. The van der Waals surface area contributed by atoms with E-state index in [2.05, 4.69) is 31.4 Å². The molecule has 1 amide bonds. The molecule has 0 bridgehead atoms. The summed E-state index contributed by atoms with van der Waals surface area (Å²) in [6.07, 6.45) is 0. The molecule has 7 heteroatoms. The molecule has 0 saturated heterocycles. The van der Waals surface area contributed by atoms with E-state index in [9.17, 15) is 9.59 Å². The van der Waals surface area contributed by atoms with E-state index < -0.39 is 11.9 Å². The molecule has 0 fully saturated rings. The van der Waals surface area contributed by atoms with Gasteiger partial charge in [-0.2, -0.15) is 5.10 Å². The Hall–Kier alpha value is -2.15. The van der Waals surface area contributed by atoms with Crippen molar-refractivity contribution in [3.63, 3.8) is 0 Å². The van der Waals surface area contributed by atoms with E-state index in [1.54, 1.807) is 19.1 Å². The second-order valence-corrected chi connectivity index (χ2v) is 4.74. The second kappa shape index (κ2) is 5.23. The van der Waals surface area contributed by atoms with Crippen molar-refractivity contribution in [3.8, 4) is 0 Å². The minimum Gasteiger partial charge on any atom is -0.478 e. The van der Waals surface area contributed by atoms with Gasteiger partial charge < -0.3 is 10.4 Å². The van der Waals surface area contributed by atoms with Gasteiger partial charge in [-0.15, -0.1) is 0 Å². The van der Waals surface area contributed by atoms with Crippen molar-refractivity contribution in [1.29, 1.82) is 0 Å². The van der Waals surface area contributed by atoms with Crippen LogP contribution in [0.15, 0.2) is 28.7 Å². The summed E-state index contributed by atoms with van der Waals surface area (Å²) < 4.78 is 0.595. The Balaban J connectivity index is 2.25. The van der Waals surface area contributed by atoms with Crippen LogP contribution in [0.3, 0.4) is 0 Å². The third-order valence-electron chi connectivity index (χ3n) is 2.40. The summed E-state index contributed by atoms with van der Waals surface area (Å²) in [6.45, 7) is 1.78. The number of nitrogens with one attached hydrogen (secondary N) is 2. The summed E-state index contributed by atoms with van der Waals surface area (Å²) >= 11 is 3.25. The highest BCUT2D eigenvalue weighted by atomic mass is 79.9. The topological polar surface area (TPSA) is 95.1 Å². The van der Waals surface area contributed by atoms with Gasteiger partial charge in [0.15, 0.2) is 5.69 Å². The Morgan fingerprint density at radius 3 is 2.68 bits per heavy atom. The van der Waals surface area contributed by atoms with Crippen LogP contribution < -0.4 is 5.32 Å². The number of hydrogen-bond acceptors (Lipinski definition) is 3. The van der Waals surface area contributed by atoms with Crippen LogP contribution in [0.2, 0.25) is 0 Å². The molecule has 19 heavy (non-hydrogen) atoms. The van der Waals surface area contributed by atoms with Crippen molar-refractivity contribution in [1.82, 2.24) is 10.2 Å². The number of nitrogens with zero attached hydrogens (tertiary/aromatic N) is 1. The number of carbonyl (C=O) groups excluding carboxylic acids is 1. The predicted octanol–water partition coefficient (Wildman–Crippen LogP) is 2.43. The van der Waals surface area contributed by atoms with Crippen molar-refractivity contribution >= 4 is 33.5 Å². The van der Waals surface area contributed by atoms with Crippen molar-refractivity contribution in [2.45, 2.75) is 6.92 Å². The number of anilines is 1. The fourth-order valence-corrected chi connectivity index (χ4v) is 1.82. The van der Waals surface area contributed by atoms with Gasteiger partial charge in [-0.1, -0.05) is 0 Å². The van der Waals surface area contributed by atoms with E-state index in [0.717, 1.165) is 5.69 Å². The lowest BCUT2D eigenvalue weighted by Crippen LogP contribution is -2.13. The van der Waals surface area contributed by atoms with Crippen LogP contribution in [-0.2, 0) is 0 Å². The maximum absolute atomic E-state index is 11.9. The molecule has 0 unspecified atom stereocenters. The summed E-state index contributed by atoms with van der Waals surface area (Å²) in [5.41, 5.74) is 1.48. The molecule has 0 spiro atoms. The van der Waals surface area contributed by atoms with Crippen LogP contribution in [0.25, 0.3) is 0 Å². The zero-order chi connectivity index (χ0) is 14.0. The SMILES string of the molecule is Cc1cc(C(=O)Nc2cc(C(=O)O)ccc2Br)n[nH]1. The molecular weight excluding hydrogens is 314 g/mol.